The van der Waals surface area contributed by atoms with Crippen molar-refractivity contribution in [2.24, 2.45) is 0 Å². The third-order valence-electron chi connectivity index (χ3n) is 1.60. The van der Waals surface area contributed by atoms with Crippen molar-refractivity contribution in [2.75, 3.05) is 5.32 Å². The van der Waals surface area contributed by atoms with Crippen LogP contribution in [-0.2, 0) is 6.54 Å². The Bertz CT molecular complexity index is 543. The van der Waals surface area contributed by atoms with Crippen molar-refractivity contribution in [2.45, 2.75) is 6.54 Å². The van der Waals surface area contributed by atoms with E-state index in [1.165, 1.54) is 11.3 Å². The van der Waals surface area contributed by atoms with Gasteiger partial charge in [0.15, 0.2) is 0 Å². The van der Waals surface area contributed by atoms with Gasteiger partial charge in [-0.1, -0.05) is 0 Å². The fourth-order valence-electron chi connectivity index (χ4n) is 0.967. The number of hydrogen-bond donors (Lipinski definition) is 3. The lowest BCUT2D eigenvalue weighted by molar-refractivity contribution is 0.881. The van der Waals surface area contributed by atoms with E-state index in [0.717, 1.165) is 5.01 Å². The number of nitrogens with one attached hydrogen (secondary N) is 3. The quantitative estimate of drug-likeness (QED) is 0.655. The van der Waals surface area contributed by atoms with Crippen LogP contribution in [0.2, 0.25) is 0 Å². The highest BCUT2D eigenvalue weighted by Crippen LogP contribution is 2.04. The molecule has 0 bridgehead atoms. The molecule has 15 heavy (non-hydrogen) atoms. The highest BCUT2D eigenvalue weighted by molar-refractivity contribution is 7.09. The number of aromatic amines is 2. The predicted molar refractivity (Wildman–Crippen MR) is 54.9 cm³/mol. The third kappa shape index (κ3) is 2.29. The first-order chi connectivity index (χ1) is 7.25. The molecule has 2 aromatic heterocycles. The minimum Gasteiger partial charge on any atom is -0.358 e. The second-order valence-electron chi connectivity index (χ2n) is 2.63. The van der Waals surface area contributed by atoms with Gasteiger partial charge < -0.3 is 5.32 Å². The molecule has 2 rings (SSSR count). The van der Waals surface area contributed by atoms with E-state index >= 15 is 0 Å². The van der Waals surface area contributed by atoms with Gasteiger partial charge in [-0.3, -0.25) is 9.78 Å². The first-order valence-corrected chi connectivity index (χ1v) is 4.95. The third-order valence-corrected chi connectivity index (χ3v) is 2.38. The maximum absolute atomic E-state index is 11.2. The van der Waals surface area contributed by atoms with Gasteiger partial charge in [-0.15, -0.1) is 16.4 Å². The molecule has 0 aromatic carbocycles. The average Bonchev–Trinajstić information content (AvgIpc) is 2.69. The number of H-pyrrole nitrogens is 2. The van der Waals surface area contributed by atoms with Crippen LogP contribution in [0, 0.1) is 0 Å². The molecule has 0 saturated heterocycles. The normalized spacial score (nSPS) is 10.1. The van der Waals surface area contributed by atoms with Gasteiger partial charge in [0, 0.05) is 11.6 Å². The molecule has 0 saturated carbocycles. The Balaban J connectivity index is 2.12. The molecule has 0 fully saturated rings. The van der Waals surface area contributed by atoms with Crippen molar-refractivity contribution in [1.82, 2.24) is 20.2 Å². The van der Waals surface area contributed by atoms with Gasteiger partial charge in [-0.05, 0) is 0 Å². The molecule has 78 valence electrons. The molecule has 0 spiro atoms. The predicted octanol–water partition coefficient (Wildman–Crippen LogP) is -0.473. The van der Waals surface area contributed by atoms with Crippen LogP contribution in [0.25, 0.3) is 0 Å². The zero-order chi connectivity index (χ0) is 10.7. The van der Waals surface area contributed by atoms with E-state index < -0.39 is 11.2 Å². The van der Waals surface area contributed by atoms with Gasteiger partial charge in [0.2, 0.25) is 5.82 Å². The van der Waals surface area contributed by atoms with Crippen molar-refractivity contribution >= 4 is 17.2 Å². The number of hydrogen-bond acceptors (Lipinski definition) is 6. The summed E-state index contributed by atoms with van der Waals surface area (Å²) in [6.45, 7) is 0.403. The monoisotopic (exact) mass is 225 g/mol. The van der Waals surface area contributed by atoms with E-state index in [2.05, 4.69) is 25.5 Å². The van der Waals surface area contributed by atoms with Crippen molar-refractivity contribution in [1.29, 1.82) is 0 Å². The minimum atomic E-state index is -0.625. The molecular formula is C7H7N5O2S. The lowest BCUT2D eigenvalue weighted by Gasteiger charge is -1.99. The Hall–Kier alpha value is -1.96. The Morgan fingerprint density at radius 1 is 1.47 bits per heavy atom. The number of aromatic nitrogens is 4. The lowest BCUT2D eigenvalue weighted by Crippen LogP contribution is -2.26. The number of rotatable bonds is 3. The van der Waals surface area contributed by atoms with Crippen molar-refractivity contribution in [3.8, 4) is 0 Å². The summed E-state index contributed by atoms with van der Waals surface area (Å²) in [6.07, 6.45) is 1.67. The smallest absolute Gasteiger partial charge is 0.342 e. The molecular weight excluding hydrogens is 218 g/mol. The van der Waals surface area contributed by atoms with Crippen LogP contribution in [0.3, 0.4) is 0 Å². The summed E-state index contributed by atoms with van der Waals surface area (Å²) in [5.74, 6) is 0.0739. The van der Waals surface area contributed by atoms with Crippen molar-refractivity contribution < 1.29 is 0 Å². The summed E-state index contributed by atoms with van der Waals surface area (Å²) in [5.41, 5.74) is -1.17. The minimum absolute atomic E-state index is 0.0739. The highest BCUT2D eigenvalue weighted by atomic mass is 32.1. The molecule has 0 amide bonds. The van der Waals surface area contributed by atoms with Crippen LogP contribution in [0.5, 0.6) is 0 Å². The van der Waals surface area contributed by atoms with E-state index in [0.29, 0.717) is 6.54 Å². The van der Waals surface area contributed by atoms with Crippen LogP contribution in [0.15, 0.2) is 21.2 Å². The summed E-state index contributed by atoms with van der Waals surface area (Å²) >= 11 is 1.47. The van der Waals surface area contributed by atoms with Gasteiger partial charge in [0.05, 0.1) is 6.54 Å². The van der Waals surface area contributed by atoms with E-state index in [9.17, 15) is 9.59 Å². The Kier molecular flexibility index (Phi) is 2.59. The molecule has 8 heteroatoms. The highest BCUT2D eigenvalue weighted by Gasteiger charge is 2.02. The number of thiazole rings is 1. The van der Waals surface area contributed by atoms with E-state index in [4.69, 9.17) is 0 Å². The summed E-state index contributed by atoms with van der Waals surface area (Å²) in [5, 5.41) is 11.1. The molecule has 0 aliphatic carbocycles. The van der Waals surface area contributed by atoms with E-state index in [1.807, 2.05) is 5.38 Å². The van der Waals surface area contributed by atoms with Crippen molar-refractivity contribution in [3.63, 3.8) is 0 Å². The standard InChI is InChI=1S/C7H7N5O2S/c13-6-5(11-12-7(14)10-6)9-3-4-8-1-2-15-4/h1-2H,3H2,(H,9,11)(H2,10,12,13,14). The van der Waals surface area contributed by atoms with E-state index in [1.54, 1.807) is 6.20 Å². The Morgan fingerprint density at radius 3 is 3.00 bits per heavy atom. The van der Waals surface area contributed by atoms with Crippen LogP contribution in [-0.4, -0.2) is 20.2 Å². The summed E-state index contributed by atoms with van der Waals surface area (Å²) in [6, 6.07) is 0. The van der Waals surface area contributed by atoms with Crippen LogP contribution >= 0.6 is 11.3 Å². The first-order valence-electron chi connectivity index (χ1n) is 4.07. The van der Waals surface area contributed by atoms with Gasteiger partial charge in [0.1, 0.15) is 5.01 Å². The van der Waals surface area contributed by atoms with Crippen LogP contribution in [0.4, 0.5) is 5.82 Å². The second-order valence-corrected chi connectivity index (χ2v) is 3.61. The largest absolute Gasteiger partial charge is 0.358 e. The fraction of sp³-hybridized carbons (Fsp3) is 0.143. The molecule has 0 aliphatic heterocycles. The summed E-state index contributed by atoms with van der Waals surface area (Å²) in [7, 11) is 0. The van der Waals surface area contributed by atoms with Crippen LogP contribution < -0.4 is 16.6 Å². The molecule has 3 N–H and O–H groups in total. The Labute approximate surface area is 87.2 Å². The molecule has 0 atom stereocenters. The van der Waals surface area contributed by atoms with Crippen LogP contribution in [0.1, 0.15) is 5.01 Å². The first kappa shape index (κ1) is 9.59. The van der Waals surface area contributed by atoms with Gasteiger partial charge in [-0.25, -0.2) is 14.9 Å². The average molecular weight is 225 g/mol. The molecule has 0 radical (unpaired) electrons. The van der Waals surface area contributed by atoms with E-state index in [-0.39, 0.29) is 5.82 Å². The number of nitrogens with zero attached hydrogens (tertiary/aromatic N) is 2. The topological polar surface area (TPSA) is 104 Å². The number of anilines is 1. The lowest BCUT2D eigenvalue weighted by atomic mass is 10.6. The molecule has 2 aromatic rings. The molecule has 0 aliphatic rings. The summed E-state index contributed by atoms with van der Waals surface area (Å²) < 4.78 is 0. The van der Waals surface area contributed by atoms with Gasteiger partial charge >= 0.3 is 5.69 Å². The maximum atomic E-state index is 11.2. The molecule has 7 nitrogen and oxygen atoms in total. The zero-order valence-electron chi connectivity index (χ0n) is 7.48. The Morgan fingerprint density at radius 2 is 2.33 bits per heavy atom. The van der Waals surface area contributed by atoms with Gasteiger partial charge in [-0.2, -0.15) is 0 Å². The van der Waals surface area contributed by atoms with Gasteiger partial charge in [0.25, 0.3) is 5.56 Å². The van der Waals surface area contributed by atoms with Crippen molar-refractivity contribution in [3.05, 3.63) is 37.4 Å². The summed E-state index contributed by atoms with van der Waals surface area (Å²) in [4.78, 5) is 27.9. The molecule has 2 heterocycles. The SMILES string of the molecule is O=c1[nH]nc(NCc2nccs2)c(=O)[nH]1. The fourth-order valence-corrected chi connectivity index (χ4v) is 1.52. The second kappa shape index (κ2) is 4.05. The maximum Gasteiger partial charge on any atom is 0.342 e. The zero-order valence-corrected chi connectivity index (χ0v) is 8.30. The molecule has 0 unspecified atom stereocenters.